The molecule has 3 aliphatic rings. The van der Waals surface area contributed by atoms with E-state index in [1.807, 2.05) is 30.3 Å². The molecule has 3 heterocycles. The summed E-state index contributed by atoms with van der Waals surface area (Å²) in [5.74, 6) is -0.619. The Kier molecular flexibility index (Phi) is 5.38. The number of hydrogen-bond acceptors (Lipinski definition) is 6. The van der Waals surface area contributed by atoms with E-state index in [1.54, 1.807) is 11.8 Å². The van der Waals surface area contributed by atoms with Crippen LogP contribution in [-0.2, 0) is 20.6 Å². The fourth-order valence-corrected chi connectivity index (χ4v) is 4.76. The number of morpholine rings is 1. The fourth-order valence-electron chi connectivity index (χ4n) is 4.76. The Labute approximate surface area is 181 Å². The number of hydrogen-bond donors (Lipinski definition) is 0. The van der Waals surface area contributed by atoms with Crippen LogP contribution in [0.3, 0.4) is 0 Å². The number of ether oxygens (including phenoxy) is 3. The predicted octanol–water partition coefficient (Wildman–Crippen LogP) is 2.80. The average Bonchev–Trinajstić information content (AvgIpc) is 3.34. The van der Waals surface area contributed by atoms with E-state index in [-0.39, 0.29) is 18.6 Å². The molecule has 7 heteroatoms. The Morgan fingerprint density at radius 3 is 2.65 bits per heavy atom. The van der Waals surface area contributed by atoms with Gasteiger partial charge in [-0.05, 0) is 25.0 Å². The van der Waals surface area contributed by atoms with Crippen molar-refractivity contribution in [3.8, 4) is 0 Å². The average molecular weight is 422 g/mol. The summed E-state index contributed by atoms with van der Waals surface area (Å²) >= 11 is 0. The zero-order valence-corrected chi connectivity index (χ0v) is 17.6. The zero-order valence-electron chi connectivity index (χ0n) is 17.6. The molecule has 0 spiro atoms. The van der Waals surface area contributed by atoms with Crippen molar-refractivity contribution in [2.45, 2.75) is 25.6 Å². The van der Waals surface area contributed by atoms with Crippen LogP contribution in [0.25, 0.3) is 0 Å². The van der Waals surface area contributed by atoms with Gasteiger partial charge in [-0.25, -0.2) is 4.79 Å². The summed E-state index contributed by atoms with van der Waals surface area (Å²) in [7, 11) is 0. The Balaban J connectivity index is 1.53. The summed E-state index contributed by atoms with van der Waals surface area (Å²) < 4.78 is 16.9. The lowest BCUT2D eigenvalue weighted by atomic mass is 9.99. The van der Waals surface area contributed by atoms with Crippen molar-refractivity contribution in [1.82, 2.24) is 4.90 Å². The summed E-state index contributed by atoms with van der Waals surface area (Å²) in [6.07, 6.45) is 0.255. The molecular weight excluding hydrogens is 396 g/mol. The SMILES string of the molecule is CCOC(=O)c1c(N2CCOCC2)ccc2c1C(=O)N1[C@@H](Cc3ccccc3)CO[C@H]21. The highest BCUT2D eigenvalue weighted by Crippen LogP contribution is 2.44. The molecule has 2 aromatic carbocycles. The van der Waals surface area contributed by atoms with Crippen LogP contribution < -0.4 is 4.90 Å². The summed E-state index contributed by atoms with van der Waals surface area (Å²) in [5, 5.41) is 0. The molecule has 2 saturated heterocycles. The largest absolute Gasteiger partial charge is 0.462 e. The maximum absolute atomic E-state index is 13.6. The normalized spacial score (nSPS) is 22.4. The molecule has 0 radical (unpaired) electrons. The monoisotopic (exact) mass is 422 g/mol. The Morgan fingerprint density at radius 2 is 1.90 bits per heavy atom. The minimum Gasteiger partial charge on any atom is -0.462 e. The van der Waals surface area contributed by atoms with E-state index < -0.39 is 12.2 Å². The van der Waals surface area contributed by atoms with Crippen LogP contribution in [0.2, 0.25) is 0 Å². The first-order valence-corrected chi connectivity index (χ1v) is 10.8. The van der Waals surface area contributed by atoms with E-state index in [4.69, 9.17) is 14.2 Å². The van der Waals surface area contributed by atoms with Gasteiger partial charge >= 0.3 is 5.97 Å². The molecule has 3 aliphatic heterocycles. The van der Waals surface area contributed by atoms with Gasteiger partial charge in [0.15, 0.2) is 6.23 Å². The van der Waals surface area contributed by atoms with Gasteiger partial charge in [0.25, 0.3) is 5.91 Å². The van der Waals surface area contributed by atoms with Crippen LogP contribution >= 0.6 is 0 Å². The molecule has 2 aromatic rings. The van der Waals surface area contributed by atoms with Crippen molar-refractivity contribution in [3.05, 3.63) is 64.7 Å². The maximum atomic E-state index is 13.6. The van der Waals surface area contributed by atoms with Gasteiger partial charge < -0.3 is 24.0 Å². The van der Waals surface area contributed by atoms with Gasteiger partial charge in [0.05, 0.1) is 49.3 Å². The Morgan fingerprint density at radius 1 is 1.13 bits per heavy atom. The van der Waals surface area contributed by atoms with Crippen molar-refractivity contribution < 1.29 is 23.8 Å². The van der Waals surface area contributed by atoms with Gasteiger partial charge in [0, 0.05) is 18.7 Å². The molecule has 0 aromatic heterocycles. The lowest BCUT2D eigenvalue weighted by molar-refractivity contribution is 0.0351. The minimum atomic E-state index is -0.463. The quantitative estimate of drug-likeness (QED) is 0.691. The van der Waals surface area contributed by atoms with Crippen LogP contribution in [0.5, 0.6) is 0 Å². The van der Waals surface area contributed by atoms with Gasteiger partial charge in [-0.2, -0.15) is 0 Å². The lowest BCUT2D eigenvalue weighted by Crippen LogP contribution is -2.38. The molecule has 7 nitrogen and oxygen atoms in total. The number of carbonyl (C=O) groups is 2. The van der Waals surface area contributed by atoms with Crippen molar-refractivity contribution in [2.24, 2.45) is 0 Å². The van der Waals surface area contributed by atoms with Gasteiger partial charge in [-0.3, -0.25) is 4.79 Å². The Bertz CT molecular complexity index is 987. The van der Waals surface area contributed by atoms with E-state index in [9.17, 15) is 9.59 Å². The number of nitrogens with zero attached hydrogens (tertiary/aromatic N) is 2. The van der Waals surface area contributed by atoms with E-state index in [1.165, 1.54) is 0 Å². The van der Waals surface area contributed by atoms with Crippen LogP contribution in [0, 0.1) is 0 Å². The molecule has 0 aliphatic carbocycles. The molecule has 2 atom stereocenters. The van der Waals surface area contributed by atoms with E-state index in [0.29, 0.717) is 50.5 Å². The summed E-state index contributed by atoms with van der Waals surface area (Å²) in [5.41, 5.74) is 3.41. The Hall–Kier alpha value is -2.90. The molecule has 2 fully saturated rings. The number of fused-ring (bicyclic) bond motifs is 3. The highest BCUT2D eigenvalue weighted by Gasteiger charge is 2.48. The van der Waals surface area contributed by atoms with Crippen molar-refractivity contribution in [3.63, 3.8) is 0 Å². The van der Waals surface area contributed by atoms with Crippen molar-refractivity contribution in [2.75, 3.05) is 44.4 Å². The molecule has 31 heavy (non-hydrogen) atoms. The molecule has 5 rings (SSSR count). The molecule has 162 valence electrons. The van der Waals surface area contributed by atoms with Crippen LogP contribution in [-0.4, -0.2) is 62.3 Å². The van der Waals surface area contributed by atoms with Gasteiger partial charge in [-0.1, -0.05) is 36.4 Å². The summed E-state index contributed by atoms with van der Waals surface area (Å²) in [4.78, 5) is 30.5. The third-order valence-electron chi connectivity index (χ3n) is 6.17. The van der Waals surface area contributed by atoms with Crippen molar-refractivity contribution in [1.29, 1.82) is 0 Å². The topological polar surface area (TPSA) is 68.3 Å². The van der Waals surface area contributed by atoms with Gasteiger partial charge in [-0.15, -0.1) is 0 Å². The molecule has 0 bridgehead atoms. The molecule has 0 unspecified atom stereocenters. The molecule has 0 saturated carbocycles. The number of anilines is 1. The highest BCUT2D eigenvalue weighted by molar-refractivity contribution is 6.12. The number of benzene rings is 2. The number of esters is 1. The third-order valence-corrected chi connectivity index (χ3v) is 6.17. The van der Waals surface area contributed by atoms with Crippen LogP contribution in [0.1, 0.15) is 45.0 Å². The highest BCUT2D eigenvalue weighted by atomic mass is 16.5. The number of amides is 1. The fraction of sp³-hybridized carbons (Fsp3) is 0.417. The first-order chi connectivity index (χ1) is 15.2. The smallest absolute Gasteiger partial charge is 0.341 e. The predicted molar refractivity (Wildman–Crippen MR) is 114 cm³/mol. The maximum Gasteiger partial charge on any atom is 0.341 e. The van der Waals surface area contributed by atoms with E-state index in [2.05, 4.69) is 17.0 Å². The summed E-state index contributed by atoms with van der Waals surface area (Å²) in [6, 6.07) is 13.9. The second-order valence-corrected chi connectivity index (χ2v) is 7.99. The zero-order chi connectivity index (χ0) is 21.4. The summed E-state index contributed by atoms with van der Waals surface area (Å²) in [6.45, 7) is 5.01. The minimum absolute atomic E-state index is 0.0748. The second kappa shape index (κ2) is 8.32. The second-order valence-electron chi connectivity index (χ2n) is 7.99. The van der Waals surface area contributed by atoms with Crippen LogP contribution in [0.4, 0.5) is 5.69 Å². The number of rotatable bonds is 5. The van der Waals surface area contributed by atoms with Crippen molar-refractivity contribution >= 4 is 17.6 Å². The standard InChI is InChI=1S/C24H26N2O5/c1-2-30-24(28)21-19(25-10-12-29-13-11-25)9-8-18-20(21)22(27)26-17(15-31-23(18)26)14-16-6-4-3-5-7-16/h3-9,17,23H,2,10-15H2,1H3/t17-,23+/m0/s1. The first kappa shape index (κ1) is 20.0. The van der Waals surface area contributed by atoms with E-state index in [0.717, 1.165) is 16.8 Å². The van der Waals surface area contributed by atoms with Gasteiger partial charge in [0.1, 0.15) is 0 Å². The van der Waals surface area contributed by atoms with Crippen LogP contribution in [0.15, 0.2) is 42.5 Å². The molecular formula is C24H26N2O5. The first-order valence-electron chi connectivity index (χ1n) is 10.8. The van der Waals surface area contributed by atoms with Gasteiger partial charge in [0.2, 0.25) is 0 Å². The number of carbonyl (C=O) groups excluding carboxylic acids is 2. The molecule has 0 N–H and O–H groups in total. The lowest BCUT2D eigenvalue weighted by Gasteiger charge is -2.30. The molecule has 1 amide bonds. The van der Waals surface area contributed by atoms with E-state index >= 15 is 0 Å². The third kappa shape index (κ3) is 3.47.